The highest BCUT2D eigenvalue weighted by Crippen LogP contribution is 2.12. The van der Waals surface area contributed by atoms with Crippen LogP contribution in [-0.4, -0.2) is 24.4 Å². The molecule has 6 heteroatoms. The van der Waals surface area contributed by atoms with Crippen LogP contribution < -0.4 is 16.4 Å². The largest absolute Gasteiger partial charge is 0.399 e. The van der Waals surface area contributed by atoms with Gasteiger partial charge in [0.25, 0.3) is 5.91 Å². The Morgan fingerprint density at radius 3 is 2.55 bits per heavy atom. The third-order valence-corrected chi connectivity index (χ3v) is 2.66. The maximum Gasteiger partial charge on any atom is 0.254 e. The van der Waals surface area contributed by atoms with Crippen LogP contribution in [0, 0.1) is 11.7 Å². The lowest BCUT2D eigenvalue weighted by Gasteiger charge is -2.15. The van der Waals surface area contributed by atoms with Gasteiger partial charge in [0.1, 0.15) is 11.9 Å². The zero-order valence-corrected chi connectivity index (χ0v) is 11.9. The molecular weight excluding hydrogens is 261 g/mol. The Morgan fingerprint density at radius 1 is 1.30 bits per heavy atom. The zero-order chi connectivity index (χ0) is 15.3. The summed E-state index contributed by atoms with van der Waals surface area (Å²) in [5.41, 5.74) is 5.62. The van der Waals surface area contributed by atoms with Gasteiger partial charge in [-0.3, -0.25) is 9.59 Å². The summed E-state index contributed by atoms with van der Waals surface area (Å²) in [4.78, 5) is 23.6. The third kappa shape index (κ3) is 4.53. The summed E-state index contributed by atoms with van der Waals surface area (Å²) in [6, 6.07) is 2.98. The minimum atomic E-state index is -0.748. The number of amides is 2. The molecule has 0 saturated heterocycles. The van der Waals surface area contributed by atoms with E-state index >= 15 is 0 Å². The molecule has 0 fully saturated rings. The summed E-state index contributed by atoms with van der Waals surface area (Å²) in [6.45, 7) is 5.99. The average molecular weight is 281 g/mol. The molecule has 1 unspecified atom stereocenters. The van der Waals surface area contributed by atoms with Crippen LogP contribution in [0.5, 0.6) is 0 Å². The topological polar surface area (TPSA) is 84.2 Å². The second-order valence-corrected chi connectivity index (χ2v) is 5.07. The van der Waals surface area contributed by atoms with E-state index in [9.17, 15) is 14.0 Å². The Balaban J connectivity index is 2.65. The molecule has 0 saturated carbocycles. The molecule has 2 amide bonds. The standard InChI is InChI=1S/C14H20FN3O2/c1-8(2)7-17-13(19)9(3)18-14(20)11-6-10(16)4-5-12(11)15/h4-6,8-9H,7,16H2,1-3H3,(H,17,19)(H,18,20). The van der Waals surface area contributed by atoms with E-state index in [-0.39, 0.29) is 17.2 Å². The van der Waals surface area contributed by atoms with Gasteiger partial charge in [0, 0.05) is 12.2 Å². The molecule has 110 valence electrons. The first kappa shape index (κ1) is 15.9. The molecule has 1 aromatic rings. The molecule has 1 rings (SSSR count). The maximum absolute atomic E-state index is 13.5. The normalized spacial score (nSPS) is 12.1. The Labute approximate surface area is 117 Å². The van der Waals surface area contributed by atoms with E-state index in [1.807, 2.05) is 13.8 Å². The Bertz CT molecular complexity index is 503. The summed E-state index contributed by atoms with van der Waals surface area (Å²) >= 11 is 0. The fraction of sp³-hybridized carbons (Fsp3) is 0.429. The predicted octanol–water partition coefficient (Wildman–Crippen LogP) is 1.30. The van der Waals surface area contributed by atoms with Crippen molar-refractivity contribution in [3.8, 4) is 0 Å². The minimum absolute atomic E-state index is 0.173. The summed E-state index contributed by atoms with van der Waals surface area (Å²) in [5.74, 6) is -1.34. The predicted molar refractivity (Wildman–Crippen MR) is 75.6 cm³/mol. The third-order valence-electron chi connectivity index (χ3n) is 2.66. The SMILES string of the molecule is CC(C)CNC(=O)C(C)NC(=O)c1cc(N)ccc1F. The zero-order valence-electron chi connectivity index (χ0n) is 11.9. The van der Waals surface area contributed by atoms with Gasteiger partial charge in [-0.15, -0.1) is 0 Å². The molecule has 0 spiro atoms. The number of carbonyl (C=O) groups is 2. The maximum atomic E-state index is 13.5. The molecule has 1 aromatic carbocycles. The number of nitrogen functional groups attached to an aromatic ring is 1. The first-order valence-corrected chi connectivity index (χ1v) is 6.45. The Kier molecular flexibility index (Phi) is 5.49. The van der Waals surface area contributed by atoms with Gasteiger partial charge in [-0.2, -0.15) is 0 Å². The second kappa shape index (κ2) is 6.88. The molecule has 0 aliphatic carbocycles. The van der Waals surface area contributed by atoms with Gasteiger partial charge in [-0.25, -0.2) is 4.39 Å². The van der Waals surface area contributed by atoms with Gasteiger partial charge in [0.05, 0.1) is 5.56 Å². The molecule has 0 aliphatic heterocycles. The number of halogens is 1. The fourth-order valence-corrected chi connectivity index (χ4v) is 1.51. The van der Waals surface area contributed by atoms with E-state index in [1.165, 1.54) is 19.1 Å². The van der Waals surface area contributed by atoms with Crippen molar-refractivity contribution in [1.82, 2.24) is 10.6 Å². The highest BCUT2D eigenvalue weighted by atomic mass is 19.1. The molecule has 20 heavy (non-hydrogen) atoms. The van der Waals surface area contributed by atoms with Crippen molar-refractivity contribution in [2.45, 2.75) is 26.8 Å². The molecule has 0 radical (unpaired) electrons. The fourth-order valence-electron chi connectivity index (χ4n) is 1.51. The van der Waals surface area contributed by atoms with Crippen LogP contribution in [-0.2, 0) is 4.79 Å². The smallest absolute Gasteiger partial charge is 0.254 e. The van der Waals surface area contributed by atoms with Crippen molar-refractivity contribution in [3.63, 3.8) is 0 Å². The number of hydrogen-bond donors (Lipinski definition) is 3. The lowest BCUT2D eigenvalue weighted by atomic mass is 10.1. The highest BCUT2D eigenvalue weighted by molar-refractivity contribution is 5.98. The summed E-state index contributed by atoms with van der Waals surface area (Å²) in [7, 11) is 0. The van der Waals surface area contributed by atoms with Crippen LogP contribution in [0.4, 0.5) is 10.1 Å². The Morgan fingerprint density at radius 2 is 1.95 bits per heavy atom. The number of rotatable bonds is 5. The van der Waals surface area contributed by atoms with E-state index in [2.05, 4.69) is 10.6 Å². The lowest BCUT2D eigenvalue weighted by Crippen LogP contribution is -2.45. The monoisotopic (exact) mass is 281 g/mol. The van der Waals surface area contributed by atoms with Gasteiger partial charge in [0.15, 0.2) is 0 Å². The van der Waals surface area contributed by atoms with Gasteiger partial charge >= 0.3 is 0 Å². The van der Waals surface area contributed by atoms with Crippen LogP contribution in [0.1, 0.15) is 31.1 Å². The van der Waals surface area contributed by atoms with Crippen LogP contribution in [0.2, 0.25) is 0 Å². The van der Waals surface area contributed by atoms with E-state index in [0.717, 1.165) is 6.07 Å². The number of nitrogens with one attached hydrogen (secondary N) is 2. The molecule has 0 bridgehead atoms. The summed E-state index contributed by atoms with van der Waals surface area (Å²) in [6.07, 6.45) is 0. The minimum Gasteiger partial charge on any atom is -0.399 e. The summed E-state index contributed by atoms with van der Waals surface area (Å²) < 4.78 is 13.5. The second-order valence-electron chi connectivity index (χ2n) is 5.07. The van der Waals surface area contributed by atoms with Gasteiger partial charge in [-0.1, -0.05) is 13.8 Å². The molecule has 0 aromatic heterocycles. The van der Waals surface area contributed by atoms with E-state index in [1.54, 1.807) is 0 Å². The molecule has 4 N–H and O–H groups in total. The van der Waals surface area contributed by atoms with Crippen LogP contribution in [0.25, 0.3) is 0 Å². The van der Waals surface area contributed by atoms with E-state index < -0.39 is 17.8 Å². The van der Waals surface area contributed by atoms with Crippen molar-refractivity contribution < 1.29 is 14.0 Å². The van der Waals surface area contributed by atoms with Gasteiger partial charge in [0.2, 0.25) is 5.91 Å². The average Bonchev–Trinajstić information content (AvgIpc) is 2.38. The number of nitrogens with two attached hydrogens (primary N) is 1. The van der Waals surface area contributed by atoms with Crippen LogP contribution >= 0.6 is 0 Å². The highest BCUT2D eigenvalue weighted by Gasteiger charge is 2.18. The quantitative estimate of drug-likeness (QED) is 0.711. The van der Waals surface area contributed by atoms with Crippen LogP contribution in [0.15, 0.2) is 18.2 Å². The van der Waals surface area contributed by atoms with E-state index in [0.29, 0.717) is 12.5 Å². The van der Waals surface area contributed by atoms with Crippen molar-refractivity contribution in [3.05, 3.63) is 29.6 Å². The summed E-state index contributed by atoms with van der Waals surface area (Å²) in [5, 5.41) is 5.13. The molecule has 0 heterocycles. The van der Waals surface area contributed by atoms with Gasteiger partial charge in [-0.05, 0) is 31.0 Å². The van der Waals surface area contributed by atoms with Crippen molar-refractivity contribution in [1.29, 1.82) is 0 Å². The van der Waals surface area contributed by atoms with Crippen molar-refractivity contribution in [2.24, 2.45) is 5.92 Å². The Hall–Kier alpha value is -2.11. The number of hydrogen-bond acceptors (Lipinski definition) is 3. The van der Waals surface area contributed by atoms with E-state index in [4.69, 9.17) is 5.73 Å². The molecule has 5 nitrogen and oxygen atoms in total. The van der Waals surface area contributed by atoms with Crippen molar-refractivity contribution >= 4 is 17.5 Å². The molecule has 1 atom stereocenters. The molecular formula is C14H20FN3O2. The number of carbonyl (C=O) groups excluding carboxylic acids is 2. The first-order valence-electron chi connectivity index (χ1n) is 6.45. The van der Waals surface area contributed by atoms with Crippen molar-refractivity contribution in [2.75, 3.05) is 12.3 Å². The lowest BCUT2D eigenvalue weighted by molar-refractivity contribution is -0.122. The number of benzene rings is 1. The number of anilines is 1. The first-order chi connectivity index (χ1) is 9.31. The van der Waals surface area contributed by atoms with Gasteiger partial charge < -0.3 is 16.4 Å². The molecule has 0 aliphatic rings. The van der Waals surface area contributed by atoms with Crippen LogP contribution in [0.3, 0.4) is 0 Å².